The molecule has 1 atom stereocenters. The highest BCUT2D eigenvalue weighted by Gasteiger charge is 2.21. The van der Waals surface area contributed by atoms with E-state index in [1.54, 1.807) is 24.3 Å². The van der Waals surface area contributed by atoms with Gasteiger partial charge in [0, 0.05) is 4.90 Å². The molecule has 1 heterocycles. The van der Waals surface area contributed by atoms with Crippen LogP contribution in [0.4, 0.5) is 0 Å². The summed E-state index contributed by atoms with van der Waals surface area (Å²) < 4.78 is 10.3. The number of carbonyl (C=O) groups is 2. The summed E-state index contributed by atoms with van der Waals surface area (Å²) in [6.07, 6.45) is 2.47. The van der Waals surface area contributed by atoms with Crippen LogP contribution in [0.3, 0.4) is 0 Å². The van der Waals surface area contributed by atoms with Crippen molar-refractivity contribution >= 4 is 35.2 Å². The monoisotopic (exact) mass is 353 g/mol. The van der Waals surface area contributed by atoms with Crippen LogP contribution < -0.4 is 5.32 Å². The third kappa shape index (κ3) is 4.77. The number of hydrogen-bond acceptors (Lipinski definition) is 5. The van der Waals surface area contributed by atoms with E-state index in [-0.39, 0.29) is 17.1 Å². The number of hydrogen-bond donors (Lipinski definition) is 1. The second kappa shape index (κ2) is 8.08. The van der Waals surface area contributed by atoms with E-state index < -0.39 is 18.0 Å². The minimum absolute atomic E-state index is 0.233. The fourth-order valence-corrected chi connectivity index (χ4v) is 2.43. The first-order valence-electron chi connectivity index (χ1n) is 6.86. The lowest BCUT2D eigenvalue weighted by molar-refractivity contribution is -0.129. The molecular formula is C16H16ClNO4S. The first-order valence-corrected chi connectivity index (χ1v) is 8.46. The van der Waals surface area contributed by atoms with E-state index in [1.807, 2.05) is 12.3 Å². The van der Waals surface area contributed by atoms with Crippen LogP contribution in [0.15, 0.2) is 45.9 Å². The Morgan fingerprint density at radius 3 is 2.83 bits per heavy atom. The Balaban J connectivity index is 1.94. The van der Waals surface area contributed by atoms with Crippen molar-refractivity contribution in [3.63, 3.8) is 0 Å². The number of amides is 1. The molecule has 0 unspecified atom stereocenters. The number of nitrogens with one attached hydrogen (secondary N) is 1. The molecular weight excluding hydrogens is 338 g/mol. The lowest BCUT2D eigenvalue weighted by Gasteiger charge is -2.14. The summed E-state index contributed by atoms with van der Waals surface area (Å²) in [7, 11) is 0. The average molecular weight is 354 g/mol. The molecule has 0 bridgehead atoms. The predicted octanol–water partition coefficient (Wildman–Crippen LogP) is 3.52. The van der Waals surface area contributed by atoms with Crippen LogP contribution in [-0.4, -0.2) is 24.2 Å². The van der Waals surface area contributed by atoms with Gasteiger partial charge in [-0.2, -0.15) is 0 Å². The average Bonchev–Trinajstić information content (AvgIpc) is 3.06. The maximum atomic E-state index is 12.2. The molecule has 1 amide bonds. The third-order valence-corrected chi connectivity index (χ3v) is 4.12. The van der Waals surface area contributed by atoms with Gasteiger partial charge in [-0.15, -0.1) is 11.8 Å². The molecule has 23 heavy (non-hydrogen) atoms. The van der Waals surface area contributed by atoms with Crippen molar-refractivity contribution in [2.45, 2.75) is 24.5 Å². The number of ether oxygens (including phenoxy) is 1. The smallest absolute Gasteiger partial charge is 0.340 e. The fraction of sp³-hybridized carbons (Fsp3) is 0.250. The van der Waals surface area contributed by atoms with E-state index in [9.17, 15) is 9.59 Å². The number of furan rings is 1. The van der Waals surface area contributed by atoms with E-state index in [4.69, 9.17) is 20.8 Å². The lowest BCUT2D eigenvalue weighted by Crippen LogP contribution is -2.35. The zero-order valence-corrected chi connectivity index (χ0v) is 14.2. The zero-order valence-electron chi connectivity index (χ0n) is 12.7. The largest absolute Gasteiger partial charge is 0.467 e. The van der Waals surface area contributed by atoms with Crippen molar-refractivity contribution in [2.75, 3.05) is 6.26 Å². The second-order valence-electron chi connectivity index (χ2n) is 4.69. The van der Waals surface area contributed by atoms with Gasteiger partial charge in [-0.3, -0.25) is 4.79 Å². The minimum Gasteiger partial charge on any atom is -0.467 e. The van der Waals surface area contributed by atoms with Crippen LogP contribution in [-0.2, 0) is 16.1 Å². The Hall–Kier alpha value is -1.92. The Kier molecular flexibility index (Phi) is 6.12. The van der Waals surface area contributed by atoms with Gasteiger partial charge in [0.15, 0.2) is 6.10 Å². The van der Waals surface area contributed by atoms with Gasteiger partial charge in [-0.1, -0.05) is 11.6 Å². The highest BCUT2D eigenvalue weighted by molar-refractivity contribution is 7.98. The van der Waals surface area contributed by atoms with Crippen LogP contribution >= 0.6 is 23.4 Å². The van der Waals surface area contributed by atoms with E-state index in [0.717, 1.165) is 4.90 Å². The van der Waals surface area contributed by atoms with Crippen LogP contribution in [0.25, 0.3) is 0 Å². The highest BCUT2D eigenvalue weighted by atomic mass is 35.5. The van der Waals surface area contributed by atoms with Gasteiger partial charge in [0.05, 0.1) is 23.4 Å². The Labute approximate surface area is 143 Å². The Morgan fingerprint density at radius 1 is 1.39 bits per heavy atom. The molecule has 122 valence electrons. The van der Waals surface area contributed by atoms with Crippen molar-refractivity contribution < 1.29 is 18.7 Å². The van der Waals surface area contributed by atoms with Crippen molar-refractivity contribution in [1.29, 1.82) is 0 Å². The molecule has 2 aromatic rings. The van der Waals surface area contributed by atoms with Gasteiger partial charge in [0.25, 0.3) is 5.91 Å². The van der Waals surface area contributed by atoms with Gasteiger partial charge >= 0.3 is 5.97 Å². The molecule has 0 fully saturated rings. The van der Waals surface area contributed by atoms with Gasteiger partial charge in [-0.05, 0) is 43.5 Å². The molecule has 2 rings (SSSR count). The molecule has 0 aliphatic carbocycles. The van der Waals surface area contributed by atoms with E-state index in [1.165, 1.54) is 24.9 Å². The van der Waals surface area contributed by atoms with Crippen molar-refractivity contribution in [2.24, 2.45) is 0 Å². The molecule has 0 radical (unpaired) electrons. The number of rotatable bonds is 6. The van der Waals surface area contributed by atoms with Crippen molar-refractivity contribution in [3.05, 3.63) is 52.9 Å². The summed E-state index contributed by atoms with van der Waals surface area (Å²) in [6.45, 7) is 1.73. The number of esters is 1. The standard InChI is InChI=1S/C16H16ClNO4S/c1-10(15(19)18-9-11-4-3-7-21-11)22-16(20)13-8-12(23-2)5-6-14(13)17/h3-8,10H,9H2,1-2H3,(H,18,19)/t10-/m1/s1. The Bertz CT molecular complexity index is 687. The molecule has 0 aliphatic heterocycles. The van der Waals surface area contributed by atoms with Crippen molar-refractivity contribution in [3.8, 4) is 0 Å². The fourth-order valence-electron chi connectivity index (χ4n) is 1.80. The summed E-state index contributed by atoms with van der Waals surface area (Å²) in [5.41, 5.74) is 0.240. The molecule has 1 aromatic heterocycles. The number of thioether (sulfide) groups is 1. The normalized spacial score (nSPS) is 11.8. The summed E-state index contributed by atoms with van der Waals surface area (Å²) in [6, 6.07) is 8.55. The topological polar surface area (TPSA) is 68.5 Å². The SMILES string of the molecule is CSc1ccc(Cl)c(C(=O)O[C@H](C)C(=O)NCc2ccco2)c1. The summed E-state index contributed by atoms with van der Waals surface area (Å²) in [5, 5.41) is 2.92. The maximum absolute atomic E-state index is 12.2. The molecule has 0 saturated carbocycles. The molecule has 1 N–H and O–H groups in total. The number of carbonyl (C=O) groups excluding carboxylic acids is 2. The summed E-state index contributed by atoms with van der Waals surface area (Å²) in [4.78, 5) is 25.0. The van der Waals surface area contributed by atoms with E-state index in [2.05, 4.69) is 5.32 Å². The maximum Gasteiger partial charge on any atom is 0.340 e. The van der Waals surface area contributed by atoms with Gasteiger partial charge in [0.1, 0.15) is 5.76 Å². The summed E-state index contributed by atoms with van der Waals surface area (Å²) >= 11 is 7.50. The molecule has 7 heteroatoms. The predicted molar refractivity (Wildman–Crippen MR) is 88.7 cm³/mol. The number of halogens is 1. The molecule has 0 saturated heterocycles. The highest BCUT2D eigenvalue weighted by Crippen LogP contribution is 2.24. The van der Waals surface area contributed by atoms with Crippen molar-refractivity contribution in [1.82, 2.24) is 5.32 Å². The first-order chi connectivity index (χ1) is 11.0. The first kappa shape index (κ1) is 17.4. The van der Waals surface area contributed by atoms with Gasteiger partial charge < -0.3 is 14.5 Å². The number of benzene rings is 1. The molecule has 5 nitrogen and oxygen atoms in total. The van der Waals surface area contributed by atoms with E-state index in [0.29, 0.717) is 5.76 Å². The lowest BCUT2D eigenvalue weighted by atomic mass is 10.2. The molecule has 0 aliphatic rings. The minimum atomic E-state index is -0.938. The quantitative estimate of drug-likeness (QED) is 0.635. The van der Waals surface area contributed by atoms with Gasteiger partial charge in [-0.25, -0.2) is 4.79 Å². The van der Waals surface area contributed by atoms with E-state index >= 15 is 0 Å². The van der Waals surface area contributed by atoms with Crippen LogP contribution in [0, 0.1) is 0 Å². The van der Waals surface area contributed by atoms with Crippen LogP contribution in [0.2, 0.25) is 5.02 Å². The molecule has 1 aromatic carbocycles. The van der Waals surface area contributed by atoms with Gasteiger partial charge in [0.2, 0.25) is 0 Å². The third-order valence-electron chi connectivity index (χ3n) is 3.06. The van der Waals surface area contributed by atoms with Crippen LogP contribution in [0.5, 0.6) is 0 Å². The summed E-state index contributed by atoms with van der Waals surface area (Å²) in [5.74, 6) is -0.425. The Morgan fingerprint density at radius 2 is 2.17 bits per heavy atom. The molecule has 0 spiro atoms. The zero-order chi connectivity index (χ0) is 16.8. The second-order valence-corrected chi connectivity index (χ2v) is 5.98. The van der Waals surface area contributed by atoms with Crippen LogP contribution in [0.1, 0.15) is 23.0 Å².